The lowest BCUT2D eigenvalue weighted by molar-refractivity contribution is -0.130. The quantitative estimate of drug-likeness (QED) is 0.767. The van der Waals surface area contributed by atoms with E-state index in [1.54, 1.807) is 26.8 Å². The number of likely N-dealkylation sites (tertiary alicyclic amines) is 1. The first-order valence-corrected chi connectivity index (χ1v) is 9.20. The van der Waals surface area contributed by atoms with Crippen LogP contribution in [0, 0.1) is 11.3 Å². The number of nitrogens with one attached hydrogen (secondary N) is 1. The SMILES string of the molecule is N#C[C@@H]1CCCN1C(=O)CNCCN1CCN(c2ccc(Cl)cc2)C1=O. The van der Waals surface area contributed by atoms with Gasteiger partial charge in [0, 0.05) is 43.4 Å². The molecule has 2 heterocycles. The zero-order chi connectivity index (χ0) is 18.5. The van der Waals surface area contributed by atoms with E-state index in [0.29, 0.717) is 37.7 Å². The zero-order valence-electron chi connectivity index (χ0n) is 14.5. The average Bonchev–Trinajstić information content (AvgIpc) is 3.26. The molecule has 1 N–H and O–H groups in total. The number of hydrogen-bond acceptors (Lipinski definition) is 4. The summed E-state index contributed by atoms with van der Waals surface area (Å²) in [5.41, 5.74) is 0.835. The molecule has 3 amide bonds. The summed E-state index contributed by atoms with van der Waals surface area (Å²) in [6.45, 7) is 3.21. The van der Waals surface area contributed by atoms with E-state index in [1.165, 1.54) is 0 Å². The lowest BCUT2D eigenvalue weighted by Crippen LogP contribution is -2.43. The molecule has 1 aromatic rings. The van der Waals surface area contributed by atoms with Crippen molar-refractivity contribution in [2.75, 3.05) is 44.2 Å². The van der Waals surface area contributed by atoms with E-state index in [2.05, 4.69) is 11.4 Å². The summed E-state index contributed by atoms with van der Waals surface area (Å²) in [5.74, 6) is -0.0513. The van der Waals surface area contributed by atoms with Crippen LogP contribution in [0.1, 0.15) is 12.8 Å². The van der Waals surface area contributed by atoms with Gasteiger partial charge < -0.3 is 15.1 Å². The summed E-state index contributed by atoms with van der Waals surface area (Å²) in [6, 6.07) is 9.05. The highest BCUT2D eigenvalue weighted by molar-refractivity contribution is 6.30. The number of nitrogens with zero attached hydrogens (tertiary/aromatic N) is 4. The number of hydrogen-bond donors (Lipinski definition) is 1. The highest BCUT2D eigenvalue weighted by Crippen LogP contribution is 2.22. The highest BCUT2D eigenvalue weighted by Gasteiger charge is 2.30. The lowest BCUT2D eigenvalue weighted by Gasteiger charge is -2.21. The van der Waals surface area contributed by atoms with Crippen LogP contribution >= 0.6 is 11.6 Å². The summed E-state index contributed by atoms with van der Waals surface area (Å²) in [6.07, 6.45) is 1.64. The first kappa shape index (κ1) is 18.5. The van der Waals surface area contributed by atoms with Crippen molar-refractivity contribution >= 4 is 29.2 Å². The van der Waals surface area contributed by atoms with E-state index in [0.717, 1.165) is 18.5 Å². The standard InChI is InChI=1S/C18H22ClN5O2/c19-14-3-5-15(6-4-14)24-11-10-22(18(24)26)9-7-21-13-17(25)23-8-1-2-16(23)12-20/h3-6,16,21H,1-2,7-11,13H2/t16-/m0/s1. The van der Waals surface area contributed by atoms with Gasteiger partial charge >= 0.3 is 6.03 Å². The Morgan fingerprint density at radius 2 is 2.04 bits per heavy atom. The number of benzene rings is 1. The minimum absolute atomic E-state index is 0.0375. The smallest absolute Gasteiger partial charge is 0.324 e. The molecule has 0 bridgehead atoms. The maximum atomic E-state index is 12.5. The monoisotopic (exact) mass is 375 g/mol. The molecule has 0 unspecified atom stereocenters. The van der Waals surface area contributed by atoms with Gasteiger partial charge in [0.15, 0.2) is 0 Å². The first-order valence-electron chi connectivity index (χ1n) is 8.82. The van der Waals surface area contributed by atoms with Gasteiger partial charge in [-0.1, -0.05) is 11.6 Å². The van der Waals surface area contributed by atoms with Gasteiger partial charge in [-0.05, 0) is 37.1 Å². The number of urea groups is 1. The van der Waals surface area contributed by atoms with E-state index in [4.69, 9.17) is 16.9 Å². The van der Waals surface area contributed by atoms with Crippen molar-refractivity contribution < 1.29 is 9.59 Å². The number of carbonyl (C=O) groups excluding carboxylic acids is 2. The number of rotatable bonds is 6. The average molecular weight is 376 g/mol. The van der Waals surface area contributed by atoms with Gasteiger partial charge in [0.1, 0.15) is 6.04 Å². The summed E-state index contributed by atoms with van der Waals surface area (Å²) in [7, 11) is 0. The molecule has 2 saturated heterocycles. The molecule has 7 nitrogen and oxygen atoms in total. The molecule has 0 saturated carbocycles. The van der Waals surface area contributed by atoms with Crippen LogP contribution in [-0.2, 0) is 4.79 Å². The van der Waals surface area contributed by atoms with Crippen molar-refractivity contribution in [1.82, 2.24) is 15.1 Å². The molecule has 0 aliphatic carbocycles. The molecule has 1 aromatic carbocycles. The first-order chi connectivity index (χ1) is 12.6. The van der Waals surface area contributed by atoms with Crippen LogP contribution in [-0.4, -0.2) is 67.0 Å². The molecule has 0 spiro atoms. The maximum Gasteiger partial charge on any atom is 0.324 e. The van der Waals surface area contributed by atoms with Crippen molar-refractivity contribution in [2.24, 2.45) is 0 Å². The van der Waals surface area contributed by atoms with Gasteiger partial charge in [0.05, 0.1) is 12.6 Å². The van der Waals surface area contributed by atoms with Gasteiger partial charge in [-0.2, -0.15) is 5.26 Å². The third-order valence-corrected chi connectivity index (χ3v) is 5.04. The fraction of sp³-hybridized carbons (Fsp3) is 0.500. The molecule has 3 rings (SSSR count). The largest absolute Gasteiger partial charge is 0.326 e. The van der Waals surface area contributed by atoms with Crippen molar-refractivity contribution in [1.29, 1.82) is 5.26 Å². The van der Waals surface area contributed by atoms with Crippen LogP contribution in [0.4, 0.5) is 10.5 Å². The van der Waals surface area contributed by atoms with Crippen LogP contribution in [0.15, 0.2) is 24.3 Å². The third-order valence-electron chi connectivity index (χ3n) is 4.79. The van der Waals surface area contributed by atoms with E-state index in [1.807, 2.05) is 12.1 Å². The molecule has 26 heavy (non-hydrogen) atoms. The third kappa shape index (κ3) is 4.09. The van der Waals surface area contributed by atoms with Crippen LogP contribution in [0.3, 0.4) is 0 Å². The summed E-state index contributed by atoms with van der Waals surface area (Å²) >= 11 is 5.89. The number of amides is 3. The second-order valence-electron chi connectivity index (χ2n) is 6.45. The summed E-state index contributed by atoms with van der Waals surface area (Å²) in [5, 5.41) is 12.8. The van der Waals surface area contributed by atoms with Gasteiger partial charge in [-0.15, -0.1) is 0 Å². The fourth-order valence-electron chi connectivity index (χ4n) is 3.36. The number of anilines is 1. The predicted molar refractivity (Wildman–Crippen MR) is 99.0 cm³/mol. The van der Waals surface area contributed by atoms with Gasteiger partial charge in [0.25, 0.3) is 0 Å². The Labute approximate surface area is 158 Å². The zero-order valence-corrected chi connectivity index (χ0v) is 15.3. The number of carbonyl (C=O) groups is 2. The Bertz CT molecular complexity index is 703. The van der Waals surface area contributed by atoms with Crippen LogP contribution < -0.4 is 10.2 Å². The van der Waals surface area contributed by atoms with Gasteiger partial charge in [0.2, 0.25) is 5.91 Å². The van der Waals surface area contributed by atoms with Crippen LogP contribution in [0.2, 0.25) is 5.02 Å². The summed E-state index contributed by atoms with van der Waals surface area (Å²) in [4.78, 5) is 29.8. The summed E-state index contributed by atoms with van der Waals surface area (Å²) < 4.78 is 0. The molecule has 2 aliphatic rings. The van der Waals surface area contributed by atoms with Gasteiger partial charge in [-0.25, -0.2) is 4.79 Å². The van der Waals surface area contributed by atoms with E-state index in [-0.39, 0.29) is 24.5 Å². The molecule has 0 radical (unpaired) electrons. The Balaban J connectivity index is 1.42. The Hall–Kier alpha value is -2.30. The van der Waals surface area contributed by atoms with Gasteiger partial charge in [-0.3, -0.25) is 9.69 Å². The van der Waals surface area contributed by atoms with Crippen LogP contribution in [0.25, 0.3) is 0 Å². The normalized spacial score (nSPS) is 19.9. The second kappa shape index (κ2) is 8.39. The van der Waals surface area contributed by atoms with Crippen LogP contribution in [0.5, 0.6) is 0 Å². The second-order valence-corrected chi connectivity index (χ2v) is 6.89. The number of halogens is 1. The Kier molecular flexibility index (Phi) is 5.96. The Morgan fingerprint density at radius 1 is 1.27 bits per heavy atom. The van der Waals surface area contributed by atoms with E-state index in [9.17, 15) is 9.59 Å². The number of nitriles is 1. The van der Waals surface area contributed by atoms with Crippen molar-refractivity contribution in [3.63, 3.8) is 0 Å². The van der Waals surface area contributed by atoms with Crippen molar-refractivity contribution in [3.8, 4) is 6.07 Å². The predicted octanol–water partition coefficient (Wildman–Crippen LogP) is 1.69. The molecular formula is C18H22ClN5O2. The topological polar surface area (TPSA) is 79.7 Å². The van der Waals surface area contributed by atoms with E-state index < -0.39 is 0 Å². The Morgan fingerprint density at radius 3 is 2.77 bits per heavy atom. The molecule has 1 atom stereocenters. The minimum Gasteiger partial charge on any atom is -0.326 e. The molecule has 8 heteroatoms. The fourth-order valence-corrected chi connectivity index (χ4v) is 3.49. The van der Waals surface area contributed by atoms with E-state index >= 15 is 0 Å². The molecule has 2 aliphatic heterocycles. The maximum absolute atomic E-state index is 12.5. The molecular weight excluding hydrogens is 354 g/mol. The molecule has 138 valence electrons. The minimum atomic E-state index is -0.294. The van der Waals surface area contributed by atoms with Crippen molar-refractivity contribution in [3.05, 3.63) is 29.3 Å². The highest BCUT2D eigenvalue weighted by atomic mass is 35.5. The molecule has 2 fully saturated rings. The van der Waals surface area contributed by atoms with Crippen molar-refractivity contribution in [2.45, 2.75) is 18.9 Å². The molecule has 0 aromatic heterocycles. The lowest BCUT2D eigenvalue weighted by atomic mass is 10.2.